The first kappa shape index (κ1) is 14.3. The standard InChI is InChI=1S/C6H5.C6H13.ClH.Mg/c1-2-4-6-5-3-1;1-3-5-6-4-2;;/h1-5H;1,3-6H2,2H3;1H;. The van der Waals surface area contributed by atoms with Crippen molar-refractivity contribution in [1.29, 1.82) is 0 Å². The zero-order valence-electron chi connectivity index (χ0n) is 9.04. The van der Waals surface area contributed by atoms with Crippen molar-refractivity contribution < 1.29 is 0 Å². The predicted molar refractivity (Wildman–Crippen MR) is 68.0 cm³/mol. The van der Waals surface area contributed by atoms with E-state index in [1.165, 1.54) is 30.2 Å². The van der Waals surface area contributed by atoms with E-state index < -0.39 is 0 Å². The second-order valence-corrected chi connectivity index (χ2v) is 5.67. The molecule has 0 N–H and O–H groups in total. The first-order chi connectivity index (χ1) is 6.43. The van der Waals surface area contributed by atoms with Gasteiger partial charge in [0, 0.05) is 0 Å². The lowest BCUT2D eigenvalue weighted by Crippen LogP contribution is -2.12. The second-order valence-electron chi connectivity index (χ2n) is 3.65. The summed E-state index contributed by atoms with van der Waals surface area (Å²) in [6.07, 6.45) is 5.67. The van der Waals surface area contributed by atoms with Gasteiger partial charge in [-0.3, -0.25) is 0 Å². The van der Waals surface area contributed by atoms with Crippen molar-refractivity contribution in [1.82, 2.24) is 0 Å². The van der Waals surface area contributed by atoms with Gasteiger partial charge in [-0.05, 0) is 0 Å². The van der Waals surface area contributed by atoms with Gasteiger partial charge in [0.15, 0.2) is 0 Å². The molecule has 0 amide bonds. The van der Waals surface area contributed by atoms with Crippen molar-refractivity contribution in [3.63, 3.8) is 0 Å². The Morgan fingerprint density at radius 1 is 1.00 bits per heavy atom. The quantitative estimate of drug-likeness (QED) is 0.511. The third-order valence-electron chi connectivity index (χ3n) is 2.41. The van der Waals surface area contributed by atoms with Crippen molar-refractivity contribution in [3.8, 4) is 0 Å². The number of benzene rings is 1. The van der Waals surface area contributed by atoms with Crippen LogP contribution in [-0.4, -0.2) is 20.4 Å². The maximum atomic E-state index is 2.28. The maximum Gasteiger partial charge on any atom is 0.408 e. The molecular weight excluding hydrogens is 204 g/mol. The molecule has 1 aromatic rings. The Labute approximate surface area is 104 Å². The van der Waals surface area contributed by atoms with Crippen LogP contribution in [0.5, 0.6) is 0 Å². The van der Waals surface area contributed by atoms with Crippen LogP contribution in [-0.2, 0) is 0 Å². The van der Waals surface area contributed by atoms with Crippen molar-refractivity contribution in [2.45, 2.75) is 37.2 Å². The summed E-state index contributed by atoms with van der Waals surface area (Å²) in [6, 6.07) is 11.0. The highest BCUT2D eigenvalue weighted by Gasteiger charge is 1.97. The minimum absolute atomic E-state index is 0. The molecule has 76 valence electrons. The van der Waals surface area contributed by atoms with Gasteiger partial charge in [-0.15, -0.1) is 17.0 Å². The molecule has 1 aromatic carbocycles. The van der Waals surface area contributed by atoms with Gasteiger partial charge >= 0.3 is 20.4 Å². The number of hydrogen-bond donors (Lipinski definition) is 0. The van der Waals surface area contributed by atoms with Gasteiger partial charge in [0.25, 0.3) is 0 Å². The molecule has 0 nitrogen and oxygen atoms in total. The Bertz CT molecular complexity index is 211. The molecule has 0 aliphatic carbocycles. The SMILES string of the molecule is CCCCC[CH2][Mg][c]1ccccc1.Cl. The average molecular weight is 223 g/mol. The number of halogens is 1. The molecule has 0 spiro atoms. The predicted octanol–water partition coefficient (Wildman–Crippen LogP) is 3.44. The molecule has 0 heterocycles. The highest BCUT2D eigenvalue weighted by molar-refractivity contribution is 6.53. The zero-order valence-corrected chi connectivity index (χ0v) is 11.3. The Balaban J connectivity index is 0.00000169. The van der Waals surface area contributed by atoms with Crippen LogP contribution in [0.4, 0.5) is 0 Å². The van der Waals surface area contributed by atoms with Gasteiger partial charge in [0.2, 0.25) is 0 Å². The zero-order chi connectivity index (χ0) is 9.36. The Hall–Kier alpha value is 0.276. The normalized spacial score (nSPS) is 8.93. The molecule has 0 saturated heterocycles. The van der Waals surface area contributed by atoms with E-state index >= 15 is 0 Å². The Morgan fingerprint density at radius 2 is 1.71 bits per heavy atom. The summed E-state index contributed by atoms with van der Waals surface area (Å²) in [5, 5.41) is 0. The first-order valence-electron chi connectivity index (χ1n) is 5.47. The summed E-state index contributed by atoms with van der Waals surface area (Å²) in [5.41, 5.74) is 0. The molecule has 1 rings (SSSR count). The minimum Gasteiger partial charge on any atom is -0.174 e. The summed E-state index contributed by atoms with van der Waals surface area (Å²) >= 11 is 0.0606. The van der Waals surface area contributed by atoms with E-state index in [4.69, 9.17) is 0 Å². The average Bonchev–Trinajstić information content (AvgIpc) is 2.19. The molecule has 0 unspecified atom stereocenters. The van der Waals surface area contributed by atoms with Crippen LogP contribution in [0.1, 0.15) is 32.6 Å². The molecule has 0 aliphatic rings. The summed E-state index contributed by atoms with van der Waals surface area (Å²) in [5.74, 6) is 0. The highest BCUT2D eigenvalue weighted by atomic mass is 35.5. The fraction of sp³-hybridized carbons (Fsp3) is 0.500. The van der Waals surface area contributed by atoms with Gasteiger partial charge in [-0.25, -0.2) is 0 Å². The molecule has 0 aliphatic heterocycles. The molecule has 14 heavy (non-hydrogen) atoms. The van der Waals surface area contributed by atoms with Crippen LogP contribution < -0.4 is 3.69 Å². The lowest BCUT2D eigenvalue weighted by Gasteiger charge is -1.98. The first-order valence-corrected chi connectivity index (χ1v) is 7.18. The molecule has 0 atom stereocenters. The van der Waals surface area contributed by atoms with Gasteiger partial charge in [0.1, 0.15) is 0 Å². The molecule has 0 radical (unpaired) electrons. The van der Waals surface area contributed by atoms with Gasteiger partial charge in [-0.1, -0.05) is 62.9 Å². The van der Waals surface area contributed by atoms with Crippen LogP contribution >= 0.6 is 12.4 Å². The van der Waals surface area contributed by atoms with Crippen LogP contribution in [0, 0.1) is 0 Å². The molecule has 2 heteroatoms. The fourth-order valence-electron chi connectivity index (χ4n) is 1.58. The summed E-state index contributed by atoms with van der Waals surface area (Å²) in [4.78, 5) is 0. The van der Waals surface area contributed by atoms with Crippen molar-refractivity contribution in [2.75, 3.05) is 0 Å². The maximum absolute atomic E-state index is 2.28. The van der Waals surface area contributed by atoms with E-state index in [1.54, 1.807) is 3.69 Å². The molecule has 0 fully saturated rings. The number of rotatable bonds is 6. The summed E-state index contributed by atoms with van der Waals surface area (Å²) in [6.45, 7) is 2.27. The smallest absolute Gasteiger partial charge is 0.174 e. The van der Waals surface area contributed by atoms with Crippen LogP contribution in [0.3, 0.4) is 0 Å². The largest absolute Gasteiger partial charge is 0.408 e. The van der Waals surface area contributed by atoms with Gasteiger partial charge in [0.05, 0.1) is 0 Å². The third-order valence-corrected chi connectivity index (χ3v) is 4.31. The summed E-state index contributed by atoms with van der Waals surface area (Å²) in [7, 11) is 0. The fourth-order valence-corrected chi connectivity index (χ4v) is 3.19. The van der Waals surface area contributed by atoms with E-state index in [0.29, 0.717) is 0 Å². The molecule has 0 aromatic heterocycles. The number of unbranched alkanes of at least 4 members (excludes halogenated alkanes) is 3. The highest BCUT2D eigenvalue weighted by Crippen LogP contribution is 2.01. The lowest BCUT2D eigenvalue weighted by atomic mass is 10.2. The third kappa shape index (κ3) is 6.69. The van der Waals surface area contributed by atoms with Crippen LogP contribution in [0.2, 0.25) is 4.55 Å². The van der Waals surface area contributed by atoms with Crippen molar-refractivity contribution in [3.05, 3.63) is 30.3 Å². The number of hydrogen-bond acceptors (Lipinski definition) is 0. The van der Waals surface area contributed by atoms with E-state index in [0.717, 1.165) is 0 Å². The van der Waals surface area contributed by atoms with E-state index in [2.05, 4.69) is 37.3 Å². The second kappa shape index (κ2) is 9.82. The van der Waals surface area contributed by atoms with E-state index in [-0.39, 0.29) is 32.8 Å². The topological polar surface area (TPSA) is 0 Å². The van der Waals surface area contributed by atoms with E-state index in [9.17, 15) is 0 Å². The van der Waals surface area contributed by atoms with Crippen LogP contribution in [0.15, 0.2) is 30.3 Å². The Morgan fingerprint density at radius 3 is 2.36 bits per heavy atom. The monoisotopic (exact) mass is 222 g/mol. The molecule has 0 saturated carbocycles. The van der Waals surface area contributed by atoms with Crippen molar-refractivity contribution >= 4 is 36.5 Å². The lowest BCUT2D eigenvalue weighted by molar-refractivity contribution is 0.701. The van der Waals surface area contributed by atoms with Gasteiger partial charge in [-0.2, -0.15) is 3.69 Å². The van der Waals surface area contributed by atoms with Gasteiger partial charge < -0.3 is 0 Å². The molecule has 0 bridgehead atoms. The minimum atomic E-state index is 0. The summed E-state index contributed by atoms with van der Waals surface area (Å²) < 4.78 is 3.11. The van der Waals surface area contributed by atoms with E-state index in [1.807, 2.05) is 0 Å². The van der Waals surface area contributed by atoms with Crippen LogP contribution in [0.25, 0.3) is 0 Å². The Kier molecular flexibility index (Phi) is 10.0. The molecular formula is C12H19ClMg. The van der Waals surface area contributed by atoms with Crippen molar-refractivity contribution in [2.24, 2.45) is 0 Å².